The Kier molecular flexibility index (Phi) is 52.8. The van der Waals surface area contributed by atoms with Crippen LogP contribution in [0.5, 0.6) is 0 Å². The third kappa shape index (κ3) is 35.1. The van der Waals surface area contributed by atoms with Crippen molar-refractivity contribution < 1.29 is 158 Å². The predicted octanol–water partition coefficient (Wildman–Crippen LogP) is 8.29. The maximum atomic E-state index is 13.7. The molecule has 0 bridgehead atoms. The third-order valence-electron chi connectivity index (χ3n) is 17.6. The average Bonchev–Trinajstić information content (AvgIpc) is 0.742. The van der Waals surface area contributed by atoms with Gasteiger partial charge in [0.25, 0.3) is 0 Å². The van der Waals surface area contributed by atoms with E-state index in [-0.39, 0.29) is 120 Å². The summed E-state index contributed by atoms with van der Waals surface area (Å²) in [6.45, 7) is 10.9. The molecule has 544 valence electrons. The number of hydrogen-bond acceptors (Lipinski definition) is 12. The van der Waals surface area contributed by atoms with Crippen molar-refractivity contribution >= 4 is 50.4 Å². The quantitative estimate of drug-likeness (QED) is 0.0230. The van der Waals surface area contributed by atoms with Gasteiger partial charge in [-0.25, -0.2) is 0 Å². The molecule has 0 radical (unpaired) electrons. The Balaban J connectivity index is -0.000000790. The Morgan fingerprint density at radius 3 is 0.609 bits per heavy atom. The molecule has 92 heavy (non-hydrogen) atoms. The molecule has 2 unspecified atom stereocenters. The van der Waals surface area contributed by atoms with E-state index < -0.39 is 52.8 Å². The van der Waals surface area contributed by atoms with E-state index in [0.717, 1.165) is 117 Å². The summed E-state index contributed by atoms with van der Waals surface area (Å²) in [5.41, 5.74) is -2.22. The minimum Gasteiger partial charge on any atom is 2.00 e. The van der Waals surface area contributed by atoms with Crippen molar-refractivity contribution in [2.45, 2.75) is 284 Å². The first-order valence-corrected chi connectivity index (χ1v) is 42.2. The molecule has 4 aromatic carbocycles. The van der Waals surface area contributed by atoms with Crippen molar-refractivity contribution in [1.29, 1.82) is 0 Å². The first-order valence-electron chi connectivity index (χ1n) is 33.8. The van der Waals surface area contributed by atoms with Crippen LogP contribution in [0.1, 0.15) is 269 Å². The van der Waals surface area contributed by atoms with E-state index in [1.54, 1.807) is 48.5 Å². The van der Waals surface area contributed by atoms with Crippen molar-refractivity contribution in [2.75, 3.05) is 12.3 Å². The first kappa shape index (κ1) is 99.5. The van der Waals surface area contributed by atoms with E-state index in [4.69, 9.17) is 0 Å². The number of unbranched alkanes of at least 4 members (excludes halogenated alkanes) is 28. The minimum atomic E-state index is -6.49. The van der Waals surface area contributed by atoms with E-state index in [1.807, 2.05) is 0 Å². The van der Waals surface area contributed by atoms with E-state index in [2.05, 4.69) is 27.7 Å². The molecule has 0 aromatic heterocycles. The Hall–Kier alpha value is 1.08. The van der Waals surface area contributed by atoms with Gasteiger partial charge < -0.3 is 0 Å². The SMILES string of the molecule is CCCCCCCCCCc1ccccc1P([O-])([O-])([O-])CC(C)P([O-])([O-])([O-])c1ccccc1CCCCCCCCCC.CCCCCCCCCCc1ccccc1P([O-])([O-])([O-])CC(C)P([O-])([O-])([O-])c1ccccc1CCCCCCCCCC.[Ni+2].[Ni+2].[Ni+2].[Ni+2].[Ni+2].[Ni+2]. The molecule has 4 aromatic rings. The van der Waals surface area contributed by atoms with Gasteiger partial charge in [-0.1, -0.05) is 0 Å². The number of benzene rings is 4. The smallest absolute Gasteiger partial charge is 2.00 e. The summed E-state index contributed by atoms with van der Waals surface area (Å²) < 4.78 is 0. The number of aryl methyl sites for hydroxylation is 4. The molecule has 0 spiro atoms. The zero-order valence-corrected chi connectivity index (χ0v) is 65.4. The van der Waals surface area contributed by atoms with Crippen molar-refractivity contribution in [1.82, 2.24) is 0 Å². The molecule has 12 nitrogen and oxygen atoms in total. The van der Waals surface area contributed by atoms with Crippen LogP contribution in [0.2, 0.25) is 0 Å². The van der Waals surface area contributed by atoms with Gasteiger partial charge >= 0.3 is 624 Å². The molecule has 0 heterocycles. The number of rotatable bonds is 46. The van der Waals surface area contributed by atoms with Crippen molar-refractivity contribution in [2.24, 2.45) is 0 Å². The topological polar surface area (TPSA) is 277 Å². The molecule has 4 rings (SSSR count). The van der Waals surface area contributed by atoms with Crippen molar-refractivity contribution in [3.8, 4) is 0 Å². The zero-order valence-electron chi connectivity index (χ0n) is 55.8. The van der Waals surface area contributed by atoms with Crippen LogP contribution >= 0.6 is 29.1 Å². The van der Waals surface area contributed by atoms with Gasteiger partial charge in [0.15, 0.2) is 0 Å². The summed E-state index contributed by atoms with van der Waals surface area (Å²) in [7, 11) is -25.9. The van der Waals surface area contributed by atoms with Crippen LogP contribution in [0, 0.1) is 0 Å². The van der Waals surface area contributed by atoms with E-state index >= 15 is 0 Å². The predicted molar refractivity (Wildman–Crippen MR) is 346 cm³/mol. The zero-order chi connectivity index (χ0) is 63.7. The van der Waals surface area contributed by atoms with Crippen LogP contribution in [0.3, 0.4) is 0 Å². The van der Waals surface area contributed by atoms with Crippen LogP contribution in [0.4, 0.5) is 0 Å². The molecule has 0 N–H and O–H groups in total. The fourth-order valence-corrected chi connectivity index (χ4v) is 23.6. The standard InChI is InChI=1S/2C35H56O6P2.6Ni/c2*1-4-6-8-10-12-14-16-18-24-32-26-20-22-28-34(32)42(36,37,38)30-31(3)43(39,40,41)35-29-23-21-27-33(35)25-19-17-15-13-11-9-7-5-2;;;;;;/h2*20-23,26-29,31H,4-19,24-25,30H2,1-3H3;;;;;;/q2*-6;6*+2. The fourth-order valence-electron chi connectivity index (χ4n) is 12.2. The van der Waals surface area contributed by atoms with Crippen LogP contribution < -0.4 is 79.9 Å². The molecule has 2 atom stereocenters. The van der Waals surface area contributed by atoms with Gasteiger partial charge in [0.1, 0.15) is 0 Å². The van der Waals surface area contributed by atoms with E-state index in [9.17, 15) is 58.7 Å². The van der Waals surface area contributed by atoms with Crippen LogP contribution in [0.25, 0.3) is 0 Å². The van der Waals surface area contributed by atoms with Gasteiger partial charge in [-0.2, -0.15) is 0 Å². The normalized spacial score (nSPS) is 14.0. The van der Waals surface area contributed by atoms with Gasteiger partial charge in [0.05, 0.1) is 0 Å². The Morgan fingerprint density at radius 1 is 0.239 bits per heavy atom. The first-order chi connectivity index (χ1) is 40.6. The van der Waals surface area contributed by atoms with Crippen molar-refractivity contribution in [3.05, 3.63) is 119 Å². The molecule has 0 saturated carbocycles. The molecule has 0 fully saturated rings. The van der Waals surface area contributed by atoms with E-state index in [1.165, 1.54) is 151 Å². The maximum absolute atomic E-state index is 13.7. The van der Waals surface area contributed by atoms with Gasteiger partial charge in [0.2, 0.25) is 0 Å². The summed E-state index contributed by atoms with van der Waals surface area (Å²) in [6, 6.07) is 24.3. The Labute approximate surface area is 618 Å². The van der Waals surface area contributed by atoms with Gasteiger partial charge in [-0.3, -0.25) is 0 Å². The summed E-state index contributed by atoms with van der Waals surface area (Å²) in [5.74, 6) is 0. The second kappa shape index (κ2) is 48.8. The third-order valence-corrected chi connectivity index (χ3v) is 29.3. The molecule has 22 heteroatoms. The van der Waals surface area contributed by atoms with Crippen LogP contribution in [-0.2, 0) is 125 Å². The molecule has 0 aliphatic rings. The molecule has 0 amide bonds. The summed E-state index contributed by atoms with van der Waals surface area (Å²) in [4.78, 5) is 164. The monoisotopic (exact) mass is 1620 g/mol. The second-order valence-corrected chi connectivity index (χ2v) is 37.8. The van der Waals surface area contributed by atoms with Crippen molar-refractivity contribution in [3.63, 3.8) is 0 Å². The minimum absolute atomic E-state index is 0. The van der Waals surface area contributed by atoms with Gasteiger partial charge in [-0.15, -0.1) is 0 Å². The van der Waals surface area contributed by atoms with E-state index in [0.29, 0.717) is 47.9 Å². The average molecular weight is 1620 g/mol. The molecule has 0 saturated heterocycles. The number of hydrogen-bond donors (Lipinski definition) is 0. The van der Waals surface area contributed by atoms with Crippen LogP contribution in [-0.4, -0.2) is 23.6 Å². The molecular formula is C70H112Ni6O12P4. The molecule has 0 aliphatic carbocycles. The summed E-state index contributed by atoms with van der Waals surface area (Å²) >= 11 is 0. The Morgan fingerprint density at radius 2 is 0.402 bits per heavy atom. The van der Waals surface area contributed by atoms with Gasteiger partial charge in [0, 0.05) is 0 Å². The Bertz CT molecular complexity index is 2350. The van der Waals surface area contributed by atoms with Gasteiger partial charge in [-0.05, 0) is 0 Å². The molecule has 0 aliphatic heterocycles. The van der Waals surface area contributed by atoms with Crippen LogP contribution in [0.15, 0.2) is 97.1 Å². The summed E-state index contributed by atoms with van der Waals surface area (Å²) in [6.07, 6.45) is 33.9. The fraction of sp³-hybridized carbons (Fsp3) is 0.657. The molecular weight excluding hydrogens is 1510 g/mol. The summed E-state index contributed by atoms with van der Waals surface area (Å²) in [5, 5.41) is -1.49. The second-order valence-electron chi connectivity index (χ2n) is 25.4.